The van der Waals surface area contributed by atoms with Crippen molar-refractivity contribution < 1.29 is 14.6 Å². The van der Waals surface area contributed by atoms with Crippen LogP contribution >= 0.6 is 0 Å². The third kappa shape index (κ3) is 6.55. The number of ether oxygens (including phenoxy) is 2. The summed E-state index contributed by atoms with van der Waals surface area (Å²) in [6.45, 7) is 8.14. The zero-order valence-corrected chi connectivity index (χ0v) is 12.2. The average Bonchev–Trinajstić information content (AvgIpc) is 2.38. The van der Waals surface area contributed by atoms with Crippen molar-refractivity contribution in [1.82, 2.24) is 4.98 Å². The van der Waals surface area contributed by atoms with E-state index in [0.29, 0.717) is 25.0 Å². The molecule has 108 valence electrons. The van der Waals surface area contributed by atoms with Crippen LogP contribution in [0.15, 0.2) is 12.1 Å². The van der Waals surface area contributed by atoms with E-state index in [1.807, 2.05) is 6.07 Å². The van der Waals surface area contributed by atoms with Crippen LogP contribution in [0.4, 0.5) is 0 Å². The molecule has 1 N–H and O–H groups in total. The summed E-state index contributed by atoms with van der Waals surface area (Å²) in [5.74, 6) is 1.11. The Morgan fingerprint density at radius 2 is 2.05 bits per heavy atom. The molecule has 0 spiro atoms. The minimum Gasteiger partial charge on any atom is -0.475 e. The number of pyridine rings is 1. The zero-order valence-electron chi connectivity index (χ0n) is 12.2. The molecule has 1 aromatic rings. The van der Waals surface area contributed by atoms with Gasteiger partial charge in [0.1, 0.15) is 6.61 Å². The van der Waals surface area contributed by atoms with Crippen LogP contribution < -0.4 is 4.74 Å². The molecule has 1 rings (SSSR count). The smallest absolute Gasteiger partial charge is 0.213 e. The van der Waals surface area contributed by atoms with Crippen LogP contribution in [0.3, 0.4) is 0 Å². The minimum atomic E-state index is 0.0133. The number of aliphatic hydroxyl groups is 1. The van der Waals surface area contributed by atoms with E-state index in [4.69, 9.17) is 9.47 Å². The zero-order chi connectivity index (χ0) is 14.1. The Bertz CT molecular complexity index is 366. The molecule has 0 radical (unpaired) electrons. The second kappa shape index (κ2) is 8.88. The summed E-state index contributed by atoms with van der Waals surface area (Å²) in [5.41, 5.74) is 1.81. The summed E-state index contributed by atoms with van der Waals surface area (Å²) in [7, 11) is 0. The van der Waals surface area contributed by atoms with Crippen molar-refractivity contribution >= 4 is 0 Å². The van der Waals surface area contributed by atoms with Crippen molar-refractivity contribution in [3.63, 3.8) is 0 Å². The van der Waals surface area contributed by atoms with Gasteiger partial charge in [-0.3, -0.25) is 0 Å². The molecule has 0 saturated heterocycles. The molecule has 0 bridgehead atoms. The Kier molecular flexibility index (Phi) is 7.45. The van der Waals surface area contributed by atoms with Crippen molar-refractivity contribution in [1.29, 1.82) is 0 Å². The van der Waals surface area contributed by atoms with E-state index < -0.39 is 0 Å². The third-order valence-electron chi connectivity index (χ3n) is 2.53. The molecule has 0 aliphatic heterocycles. The van der Waals surface area contributed by atoms with Gasteiger partial charge in [0, 0.05) is 18.4 Å². The molecule has 0 aromatic carbocycles. The molecular formula is C15H25NO3. The largest absolute Gasteiger partial charge is 0.475 e. The maximum Gasteiger partial charge on any atom is 0.213 e. The monoisotopic (exact) mass is 267 g/mol. The fourth-order valence-corrected chi connectivity index (χ4v) is 1.69. The highest BCUT2D eigenvalue weighted by molar-refractivity contribution is 5.24. The molecule has 1 aromatic heterocycles. The van der Waals surface area contributed by atoms with Gasteiger partial charge in [-0.15, -0.1) is 0 Å². The van der Waals surface area contributed by atoms with E-state index in [2.05, 4.69) is 25.8 Å². The van der Waals surface area contributed by atoms with Gasteiger partial charge in [0.2, 0.25) is 5.88 Å². The fraction of sp³-hybridized carbons (Fsp3) is 0.667. The SMILES string of the molecule is CCCc1cc(CO)cc(OCCOCC(C)C)n1. The van der Waals surface area contributed by atoms with Crippen molar-refractivity contribution in [2.75, 3.05) is 19.8 Å². The van der Waals surface area contributed by atoms with Crippen LogP contribution in [-0.4, -0.2) is 29.9 Å². The first-order chi connectivity index (χ1) is 9.15. The number of aromatic nitrogens is 1. The lowest BCUT2D eigenvalue weighted by atomic mass is 10.2. The van der Waals surface area contributed by atoms with E-state index >= 15 is 0 Å². The van der Waals surface area contributed by atoms with Gasteiger partial charge in [0.15, 0.2) is 0 Å². The highest BCUT2D eigenvalue weighted by Gasteiger charge is 2.03. The molecule has 0 amide bonds. The third-order valence-corrected chi connectivity index (χ3v) is 2.53. The first kappa shape index (κ1) is 15.9. The number of aryl methyl sites for hydroxylation is 1. The lowest BCUT2D eigenvalue weighted by Crippen LogP contribution is -2.11. The van der Waals surface area contributed by atoms with Crippen molar-refractivity contribution in [2.45, 2.75) is 40.2 Å². The summed E-state index contributed by atoms with van der Waals surface area (Å²) in [4.78, 5) is 4.41. The van der Waals surface area contributed by atoms with Crippen LogP contribution in [0.5, 0.6) is 5.88 Å². The lowest BCUT2D eigenvalue weighted by Gasteiger charge is -2.10. The highest BCUT2D eigenvalue weighted by atomic mass is 16.5. The normalized spacial score (nSPS) is 11.0. The first-order valence-corrected chi connectivity index (χ1v) is 6.97. The molecular weight excluding hydrogens is 242 g/mol. The molecule has 0 unspecified atom stereocenters. The van der Waals surface area contributed by atoms with Gasteiger partial charge in [-0.2, -0.15) is 0 Å². The molecule has 4 heteroatoms. The average molecular weight is 267 g/mol. The molecule has 1 heterocycles. The fourth-order valence-electron chi connectivity index (χ4n) is 1.69. The minimum absolute atomic E-state index is 0.0133. The number of rotatable bonds is 9. The standard InChI is InChI=1S/C15H25NO3/c1-4-5-14-8-13(10-17)9-15(16-14)19-7-6-18-11-12(2)3/h8-9,12,17H,4-7,10-11H2,1-3H3. The van der Waals surface area contributed by atoms with Gasteiger partial charge in [-0.05, 0) is 24.0 Å². The van der Waals surface area contributed by atoms with E-state index in [0.717, 1.165) is 30.7 Å². The number of nitrogens with zero attached hydrogens (tertiary/aromatic N) is 1. The Morgan fingerprint density at radius 1 is 1.26 bits per heavy atom. The number of aliphatic hydroxyl groups excluding tert-OH is 1. The van der Waals surface area contributed by atoms with Crippen LogP contribution in [-0.2, 0) is 17.8 Å². The second-order valence-electron chi connectivity index (χ2n) is 5.03. The van der Waals surface area contributed by atoms with Crippen molar-refractivity contribution in [2.24, 2.45) is 5.92 Å². The molecule has 0 aliphatic rings. The number of hydrogen-bond donors (Lipinski definition) is 1. The topological polar surface area (TPSA) is 51.6 Å². The summed E-state index contributed by atoms with van der Waals surface area (Å²) < 4.78 is 11.0. The van der Waals surface area contributed by atoms with Crippen molar-refractivity contribution in [3.05, 3.63) is 23.4 Å². The molecule has 0 aliphatic carbocycles. The summed E-state index contributed by atoms with van der Waals surface area (Å²) >= 11 is 0. The predicted molar refractivity (Wildman–Crippen MR) is 75.3 cm³/mol. The van der Waals surface area contributed by atoms with Gasteiger partial charge in [0.25, 0.3) is 0 Å². The summed E-state index contributed by atoms with van der Waals surface area (Å²) in [5, 5.41) is 9.22. The van der Waals surface area contributed by atoms with Gasteiger partial charge in [-0.1, -0.05) is 27.2 Å². The van der Waals surface area contributed by atoms with E-state index in [1.165, 1.54) is 0 Å². The Hall–Kier alpha value is -1.13. The van der Waals surface area contributed by atoms with Gasteiger partial charge < -0.3 is 14.6 Å². The first-order valence-electron chi connectivity index (χ1n) is 6.97. The van der Waals surface area contributed by atoms with Crippen LogP contribution in [0.25, 0.3) is 0 Å². The molecule has 0 fully saturated rings. The lowest BCUT2D eigenvalue weighted by molar-refractivity contribution is 0.0805. The van der Waals surface area contributed by atoms with E-state index in [1.54, 1.807) is 6.07 Å². The van der Waals surface area contributed by atoms with Crippen LogP contribution in [0.1, 0.15) is 38.4 Å². The Morgan fingerprint density at radius 3 is 2.68 bits per heavy atom. The maximum absolute atomic E-state index is 9.22. The predicted octanol–water partition coefficient (Wildman–Crippen LogP) is 2.58. The van der Waals surface area contributed by atoms with Gasteiger partial charge in [-0.25, -0.2) is 4.98 Å². The van der Waals surface area contributed by atoms with Crippen LogP contribution in [0, 0.1) is 5.92 Å². The van der Waals surface area contributed by atoms with Crippen LogP contribution in [0.2, 0.25) is 0 Å². The maximum atomic E-state index is 9.22. The van der Waals surface area contributed by atoms with Gasteiger partial charge in [0.05, 0.1) is 13.2 Å². The molecule has 4 nitrogen and oxygen atoms in total. The Balaban J connectivity index is 2.45. The van der Waals surface area contributed by atoms with E-state index in [-0.39, 0.29) is 6.61 Å². The summed E-state index contributed by atoms with van der Waals surface area (Å²) in [6, 6.07) is 3.70. The molecule has 19 heavy (non-hydrogen) atoms. The highest BCUT2D eigenvalue weighted by Crippen LogP contribution is 2.14. The molecule has 0 saturated carbocycles. The number of hydrogen-bond acceptors (Lipinski definition) is 4. The van der Waals surface area contributed by atoms with Crippen molar-refractivity contribution in [3.8, 4) is 5.88 Å². The Labute approximate surface area is 115 Å². The molecule has 0 atom stereocenters. The van der Waals surface area contributed by atoms with Gasteiger partial charge >= 0.3 is 0 Å². The second-order valence-corrected chi connectivity index (χ2v) is 5.03. The summed E-state index contributed by atoms with van der Waals surface area (Å²) in [6.07, 6.45) is 1.92. The van der Waals surface area contributed by atoms with E-state index in [9.17, 15) is 5.11 Å². The quantitative estimate of drug-likeness (QED) is 0.699.